The molecule has 10 N–H and O–H groups in total. The van der Waals surface area contributed by atoms with E-state index in [1.54, 1.807) is 20.8 Å². The zero-order valence-corrected chi connectivity index (χ0v) is 35.0. The fraction of sp³-hybridized carbons (Fsp3) is 0.806. The van der Waals surface area contributed by atoms with E-state index in [1.807, 2.05) is 0 Å². The minimum Gasteiger partial charge on any atom is -0.465 e. The summed E-state index contributed by atoms with van der Waals surface area (Å²) in [7, 11) is 0. The second kappa shape index (κ2) is 35.0. The highest BCUT2D eigenvalue weighted by molar-refractivity contribution is 5.78. The number of nitrogens with one attached hydrogen (secondary N) is 7. The first kappa shape index (κ1) is 55.2. The lowest BCUT2D eigenvalue weighted by Crippen LogP contribution is -2.50. The standard InChI is InChI=1S/C36H67N7O17/c1-35(2,3)60-34(53)42-15-21-59-27-24-56-18-12-39-30(46)6-9-36(43-33(51)52,7-4-28(44)37-10-16-54-22-25-57-19-13-40-31(47)48)8-5-29(45)38-11-17-55-23-26-58-20-14-41-32(49)50/h40-41,43H,4-27H2,1-3H3,(H,37,44)(H,38,45)(H,39,46)(H,42,53)(H,47,48)(H,49,50)(H,51,52). The zero-order valence-electron chi connectivity index (χ0n) is 35.0. The summed E-state index contributed by atoms with van der Waals surface area (Å²) >= 11 is 0. The van der Waals surface area contributed by atoms with Crippen molar-refractivity contribution in [2.45, 2.75) is 70.4 Å². The van der Waals surface area contributed by atoms with E-state index >= 15 is 0 Å². The van der Waals surface area contributed by atoms with Gasteiger partial charge in [0.15, 0.2) is 0 Å². The van der Waals surface area contributed by atoms with Crippen molar-refractivity contribution in [2.24, 2.45) is 0 Å². The molecule has 0 rings (SSSR count). The normalized spacial score (nSPS) is 11.2. The minimum atomic E-state index is -1.39. The summed E-state index contributed by atoms with van der Waals surface area (Å²) in [6.07, 6.45) is -4.68. The van der Waals surface area contributed by atoms with Crippen LogP contribution in [0.25, 0.3) is 0 Å². The summed E-state index contributed by atoms with van der Waals surface area (Å²) < 4.78 is 37.2. The number of hydrogen-bond acceptors (Lipinski definition) is 14. The lowest BCUT2D eigenvalue weighted by atomic mass is 9.83. The maximum atomic E-state index is 12.8. The molecule has 24 nitrogen and oxygen atoms in total. The van der Waals surface area contributed by atoms with E-state index in [0.29, 0.717) is 0 Å². The average molecular weight is 870 g/mol. The van der Waals surface area contributed by atoms with Crippen LogP contribution in [0.3, 0.4) is 0 Å². The maximum Gasteiger partial charge on any atom is 0.407 e. The number of ether oxygens (including phenoxy) is 7. The van der Waals surface area contributed by atoms with Crippen molar-refractivity contribution in [2.75, 3.05) is 119 Å². The molecule has 24 heteroatoms. The van der Waals surface area contributed by atoms with E-state index in [-0.39, 0.29) is 157 Å². The van der Waals surface area contributed by atoms with Gasteiger partial charge in [-0.05, 0) is 40.0 Å². The van der Waals surface area contributed by atoms with Gasteiger partial charge in [0.1, 0.15) is 5.60 Å². The van der Waals surface area contributed by atoms with Crippen molar-refractivity contribution in [1.82, 2.24) is 37.2 Å². The smallest absolute Gasteiger partial charge is 0.407 e. The molecule has 0 aliphatic carbocycles. The van der Waals surface area contributed by atoms with Crippen LogP contribution in [-0.2, 0) is 47.5 Å². The van der Waals surface area contributed by atoms with Gasteiger partial charge in [-0.25, -0.2) is 19.2 Å². The van der Waals surface area contributed by atoms with Gasteiger partial charge in [-0.2, -0.15) is 0 Å². The Labute approximate surface area is 350 Å². The maximum absolute atomic E-state index is 12.8. The van der Waals surface area contributed by atoms with Gasteiger partial charge in [0, 0.05) is 64.1 Å². The number of rotatable bonds is 37. The predicted molar refractivity (Wildman–Crippen MR) is 212 cm³/mol. The molecule has 0 saturated heterocycles. The summed E-state index contributed by atoms with van der Waals surface area (Å²) in [6, 6.07) is 0. The molecule has 0 fully saturated rings. The summed E-state index contributed by atoms with van der Waals surface area (Å²) in [4.78, 5) is 82.7. The molecule has 0 aromatic rings. The zero-order chi connectivity index (χ0) is 44.9. The highest BCUT2D eigenvalue weighted by Crippen LogP contribution is 2.26. The fourth-order valence-electron chi connectivity index (χ4n) is 4.87. The Bertz CT molecular complexity index is 1190. The molecular formula is C36H67N7O17. The molecule has 0 atom stereocenters. The molecule has 348 valence electrons. The average Bonchev–Trinajstić information content (AvgIpc) is 3.16. The first-order valence-electron chi connectivity index (χ1n) is 19.7. The van der Waals surface area contributed by atoms with E-state index in [0.717, 1.165) is 0 Å². The monoisotopic (exact) mass is 869 g/mol. The van der Waals surface area contributed by atoms with E-state index in [4.69, 9.17) is 43.4 Å². The SMILES string of the molecule is CC(C)(C)OC(=O)NCCOCCOCCNC(=O)CCC(CCC(=O)NCCOCCOCCNC(=O)O)(CCC(=O)NCCOCCOCCNC(=O)O)NC(=O)O. The van der Waals surface area contributed by atoms with Gasteiger partial charge in [0.05, 0.1) is 79.3 Å². The Balaban J connectivity index is 4.89. The second-order valence-corrected chi connectivity index (χ2v) is 13.8. The number of amides is 7. The third-order valence-electron chi connectivity index (χ3n) is 7.65. The van der Waals surface area contributed by atoms with Crippen molar-refractivity contribution >= 4 is 42.1 Å². The molecule has 0 spiro atoms. The van der Waals surface area contributed by atoms with Gasteiger partial charge < -0.3 is 85.7 Å². The van der Waals surface area contributed by atoms with Crippen molar-refractivity contribution in [3.05, 3.63) is 0 Å². The van der Waals surface area contributed by atoms with Crippen LogP contribution in [0.4, 0.5) is 19.2 Å². The highest BCUT2D eigenvalue weighted by atomic mass is 16.6. The van der Waals surface area contributed by atoms with Crippen LogP contribution in [0.2, 0.25) is 0 Å². The molecule has 0 heterocycles. The molecule has 0 aromatic carbocycles. The second-order valence-electron chi connectivity index (χ2n) is 13.8. The van der Waals surface area contributed by atoms with Crippen molar-refractivity contribution < 1.29 is 82.0 Å². The van der Waals surface area contributed by atoms with Crippen LogP contribution in [0.1, 0.15) is 59.3 Å². The Morgan fingerprint density at radius 1 is 0.400 bits per heavy atom. The molecule has 0 saturated carbocycles. The number of hydrogen-bond donors (Lipinski definition) is 10. The molecule has 0 aliphatic heterocycles. The van der Waals surface area contributed by atoms with Crippen molar-refractivity contribution in [3.8, 4) is 0 Å². The molecule has 60 heavy (non-hydrogen) atoms. The summed E-state index contributed by atoms with van der Waals surface area (Å²) in [6.45, 7) is 8.72. The van der Waals surface area contributed by atoms with Crippen LogP contribution in [-0.4, -0.2) is 187 Å². The Hall–Kier alpha value is -4.75. The van der Waals surface area contributed by atoms with Crippen LogP contribution in [0.5, 0.6) is 0 Å². The molecule has 7 amide bonds. The Morgan fingerprint density at radius 3 is 0.950 bits per heavy atom. The molecule has 0 aliphatic rings. The van der Waals surface area contributed by atoms with Gasteiger partial charge in [0.25, 0.3) is 0 Å². The largest absolute Gasteiger partial charge is 0.465 e. The van der Waals surface area contributed by atoms with Crippen LogP contribution in [0.15, 0.2) is 0 Å². The molecule has 0 aromatic heterocycles. The molecule has 0 radical (unpaired) electrons. The molecule has 0 bridgehead atoms. The first-order chi connectivity index (χ1) is 28.5. The quantitative estimate of drug-likeness (QED) is 0.0363. The van der Waals surface area contributed by atoms with Gasteiger partial charge in [-0.1, -0.05) is 0 Å². The molecule has 0 unspecified atom stereocenters. The van der Waals surface area contributed by atoms with Gasteiger partial charge in [0.2, 0.25) is 17.7 Å². The van der Waals surface area contributed by atoms with E-state index in [1.165, 1.54) is 0 Å². The minimum absolute atomic E-state index is 0.0199. The number of alkyl carbamates (subject to hydrolysis) is 1. The fourth-order valence-corrected chi connectivity index (χ4v) is 4.87. The molecular weight excluding hydrogens is 802 g/mol. The lowest BCUT2D eigenvalue weighted by molar-refractivity contribution is -0.121. The van der Waals surface area contributed by atoms with Gasteiger partial charge >= 0.3 is 24.4 Å². The summed E-state index contributed by atoms with van der Waals surface area (Å²) in [5, 5.41) is 44.3. The topological polar surface area (TPSA) is 329 Å². The van der Waals surface area contributed by atoms with Gasteiger partial charge in [-0.3, -0.25) is 14.4 Å². The lowest BCUT2D eigenvalue weighted by Gasteiger charge is -2.34. The number of carbonyl (C=O) groups is 7. The van der Waals surface area contributed by atoms with Gasteiger partial charge in [-0.15, -0.1) is 0 Å². The third-order valence-corrected chi connectivity index (χ3v) is 7.65. The number of carboxylic acid groups (broad SMARTS) is 3. The number of carbonyl (C=O) groups excluding carboxylic acids is 4. The van der Waals surface area contributed by atoms with Crippen LogP contribution < -0.4 is 37.2 Å². The van der Waals surface area contributed by atoms with Crippen LogP contribution >= 0.6 is 0 Å². The predicted octanol–water partition coefficient (Wildman–Crippen LogP) is -0.158. The van der Waals surface area contributed by atoms with Crippen LogP contribution in [0, 0.1) is 0 Å². The van der Waals surface area contributed by atoms with E-state index < -0.39 is 53.2 Å². The summed E-state index contributed by atoms with van der Waals surface area (Å²) in [5.41, 5.74) is -1.93. The Morgan fingerprint density at radius 2 is 0.683 bits per heavy atom. The van der Waals surface area contributed by atoms with E-state index in [2.05, 4.69) is 37.2 Å². The van der Waals surface area contributed by atoms with Crippen molar-refractivity contribution in [1.29, 1.82) is 0 Å². The van der Waals surface area contributed by atoms with Crippen molar-refractivity contribution in [3.63, 3.8) is 0 Å². The Kier molecular flexibility index (Phi) is 32.3. The highest BCUT2D eigenvalue weighted by Gasteiger charge is 2.33. The first-order valence-corrected chi connectivity index (χ1v) is 19.7. The summed E-state index contributed by atoms with van der Waals surface area (Å²) in [5.74, 6) is -1.20. The third kappa shape index (κ3) is 37.5. The van der Waals surface area contributed by atoms with E-state index in [9.17, 15) is 38.7 Å².